The van der Waals surface area contributed by atoms with Crippen LogP contribution in [0.2, 0.25) is 0 Å². The maximum atomic E-state index is 13.5. The number of piperazine rings is 1. The van der Waals surface area contributed by atoms with E-state index in [0.717, 1.165) is 15.4 Å². The Morgan fingerprint density at radius 2 is 1.38 bits per heavy atom. The Labute approximate surface area is 189 Å². The lowest BCUT2D eigenvalue weighted by molar-refractivity contribution is 0.0822. The summed E-state index contributed by atoms with van der Waals surface area (Å²) in [7, 11) is -4.08. The van der Waals surface area contributed by atoms with E-state index in [4.69, 9.17) is 4.74 Å². The fraction of sp³-hybridized carbons (Fsp3) is 0.391. The number of benzene rings is 2. The molecule has 1 fully saturated rings. The molecule has 172 valence electrons. The van der Waals surface area contributed by atoms with Crippen LogP contribution in [-0.2, 0) is 21.3 Å². The van der Waals surface area contributed by atoms with Gasteiger partial charge in [-0.05, 0) is 38.5 Å². The molecule has 3 rings (SSSR count). The third-order valence-corrected chi connectivity index (χ3v) is 7.08. The Bertz CT molecular complexity index is 1040. The summed E-state index contributed by atoms with van der Waals surface area (Å²) in [6.45, 7) is 6.77. The van der Waals surface area contributed by atoms with E-state index in [9.17, 15) is 18.0 Å². The molecule has 1 saturated heterocycles. The standard InChI is InChI=1S/C23H29N3O5S/c1-4-31-23(28)25-15-13-24(14-16-25)22(27)26(17-20-9-5-18(2)6-10-20)32(29,30)21-11-7-19(3)8-12-21/h5-12H,4,13-17H2,1-3H3. The summed E-state index contributed by atoms with van der Waals surface area (Å²) in [6.07, 6.45) is -0.427. The van der Waals surface area contributed by atoms with Gasteiger partial charge in [-0.1, -0.05) is 47.5 Å². The zero-order valence-corrected chi connectivity index (χ0v) is 19.5. The van der Waals surface area contributed by atoms with E-state index in [2.05, 4.69) is 0 Å². The minimum absolute atomic E-state index is 0.0636. The first kappa shape index (κ1) is 23.6. The van der Waals surface area contributed by atoms with Crippen molar-refractivity contribution in [3.63, 3.8) is 0 Å². The average Bonchev–Trinajstić information content (AvgIpc) is 2.78. The van der Waals surface area contributed by atoms with Crippen LogP contribution in [0.5, 0.6) is 0 Å². The van der Waals surface area contributed by atoms with Crippen LogP contribution in [0.4, 0.5) is 9.59 Å². The van der Waals surface area contributed by atoms with Gasteiger partial charge in [0.2, 0.25) is 0 Å². The third-order valence-electron chi connectivity index (χ3n) is 5.35. The predicted molar refractivity (Wildman–Crippen MR) is 121 cm³/mol. The van der Waals surface area contributed by atoms with Crippen LogP contribution in [0.3, 0.4) is 0 Å². The number of carbonyl (C=O) groups excluding carboxylic acids is 2. The number of sulfonamides is 1. The third kappa shape index (κ3) is 5.40. The van der Waals surface area contributed by atoms with Crippen molar-refractivity contribution < 1.29 is 22.7 Å². The number of hydrogen-bond donors (Lipinski definition) is 0. The first-order valence-corrected chi connectivity index (χ1v) is 12.0. The van der Waals surface area contributed by atoms with Gasteiger partial charge in [-0.2, -0.15) is 0 Å². The molecule has 3 amide bonds. The summed E-state index contributed by atoms with van der Waals surface area (Å²) in [5.41, 5.74) is 2.68. The quantitative estimate of drug-likeness (QED) is 0.684. The van der Waals surface area contributed by atoms with Gasteiger partial charge in [0.25, 0.3) is 10.0 Å². The summed E-state index contributed by atoms with van der Waals surface area (Å²) in [5.74, 6) is 0. The normalized spacial score (nSPS) is 14.2. The number of urea groups is 1. The number of aryl methyl sites for hydroxylation is 2. The monoisotopic (exact) mass is 459 g/mol. The smallest absolute Gasteiger partial charge is 0.409 e. The molecule has 0 aliphatic carbocycles. The Morgan fingerprint density at radius 3 is 1.91 bits per heavy atom. The van der Waals surface area contributed by atoms with Crippen LogP contribution < -0.4 is 0 Å². The molecule has 0 unspecified atom stereocenters. The molecule has 32 heavy (non-hydrogen) atoms. The first-order valence-electron chi connectivity index (χ1n) is 10.6. The van der Waals surface area contributed by atoms with Crippen molar-refractivity contribution in [2.24, 2.45) is 0 Å². The van der Waals surface area contributed by atoms with Crippen molar-refractivity contribution in [2.45, 2.75) is 32.2 Å². The summed E-state index contributed by atoms with van der Waals surface area (Å²) >= 11 is 0. The second kappa shape index (κ2) is 10.0. The van der Waals surface area contributed by atoms with Gasteiger partial charge in [0, 0.05) is 26.2 Å². The highest BCUT2D eigenvalue weighted by Crippen LogP contribution is 2.22. The van der Waals surface area contributed by atoms with Gasteiger partial charge in [-0.3, -0.25) is 0 Å². The summed E-state index contributed by atoms with van der Waals surface area (Å²) < 4.78 is 32.8. The fourth-order valence-electron chi connectivity index (χ4n) is 3.41. The largest absolute Gasteiger partial charge is 0.450 e. The zero-order valence-electron chi connectivity index (χ0n) is 18.7. The van der Waals surface area contributed by atoms with E-state index < -0.39 is 22.1 Å². The molecular weight excluding hydrogens is 430 g/mol. The van der Waals surface area contributed by atoms with Gasteiger partial charge in [0.1, 0.15) is 0 Å². The van der Waals surface area contributed by atoms with E-state index in [1.165, 1.54) is 21.9 Å². The second-order valence-electron chi connectivity index (χ2n) is 7.77. The van der Waals surface area contributed by atoms with Crippen LogP contribution in [-0.4, -0.2) is 67.4 Å². The van der Waals surface area contributed by atoms with Crippen LogP contribution >= 0.6 is 0 Å². The van der Waals surface area contributed by atoms with Crippen LogP contribution in [0, 0.1) is 13.8 Å². The molecule has 1 aliphatic heterocycles. The topological polar surface area (TPSA) is 87.2 Å². The maximum Gasteiger partial charge on any atom is 0.409 e. The minimum Gasteiger partial charge on any atom is -0.450 e. The van der Waals surface area contributed by atoms with E-state index in [1.54, 1.807) is 19.1 Å². The van der Waals surface area contributed by atoms with E-state index in [-0.39, 0.29) is 44.2 Å². The molecule has 0 bridgehead atoms. The number of nitrogens with zero attached hydrogens (tertiary/aromatic N) is 3. The molecule has 0 N–H and O–H groups in total. The SMILES string of the molecule is CCOC(=O)N1CCN(C(=O)N(Cc2ccc(C)cc2)S(=O)(=O)c2ccc(C)cc2)CC1. The van der Waals surface area contributed by atoms with E-state index in [0.29, 0.717) is 5.56 Å². The molecule has 0 saturated carbocycles. The van der Waals surface area contributed by atoms with Crippen molar-refractivity contribution in [1.82, 2.24) is 14.1 Å². The number of amides is 3. The van der Waals surface area contributed by atoms with Gasteiger partial charge < -0.3 is 14.5 Å². The molecular formula is C23H29N3O5S. The molecule has 0 aromatic heterocycles. The van der Waals surface area contributed by atoms with Crippen molar-refractivity contribution in [3.05, 3.63) is 65.2 Å². The molecule has 0 radical (unpaired) electrons. The van der Waals surface area contributed by atoms with Crippen LogP contribution in [0.15, 0.2) is 53.4 Å². The lowest BCUT2D eigenvalue weighted by Crippen LogP contribution is -2.54. The number of rotatable bonds is 5. The first-order chi connectivity index (χ1) is 15.2. The number of carbonyl (C=O) groups is 2. The van der Waals surface area contributed by atoms with Gasteiger partial charge in [-0.25, -0.2) is 22.3 Å². The van der Waals surface area contributed by atoms with Gasteiger partial charge in [0.05, 0.1) is 18.0 Å². The predicted octanol–water partition coefficient (Wildman–Crippen LogP) is 3.39. The minimum atomic E-state index is -4.08. The summed E-state index contributed by atoms with van der Waals surface area (Å²) in [4.78, 5) is 28.4. The highest BCUT2D eigenvalue weighted by atomic mass is 32.2. The van der Waals surface area contributed by atoms with Crippen molar-refractivity contribution >= 4 is 22.1 Å². The molecule has 1 heterocycles. The van der Waals surface area contributed by atoms with Crippen LogP contribution in [0.25, 0.3) is 0 Å². The molecule has 8 nitrogen and oxygen atoms in total. The Morgan fingerprint density at radius 1 is 0.875 bits per heavy atom. The van der Waals surface area contributed by atoms with Crippen molar-refractivity contribution in [3.8, 4) is 0 Å². The molecule has 2 aromatic rings. The summed E-state index contributed by atoms with van der Waals surface area (Å²) in [5, 5.41) is 0. The Hall–Kier alpha value is -3.07. The maximum absolute atomic E-state index is 13.5. The van der Waals surface area contributed by atoms with Gasteiger partial charge in [0.15, 0.2) is 0 Å². The Kier molecular flexibility index (Phi) is 7.40. The van der Waals surface area contributed by atoms with E-state index in [1.807, 2.05) is 38.1 Å². The van der Waals surface area contributed by atoms with Crippen molar-refractivity contribution in [2.75, 3.05) is 32.8 Å². The Balaban J connectivity index is 1.85. The van der Waals surface area contributed by atoms with Gasteiger partial charge >= 0.3 is 12.1 Å². The number of ether oxygens (including phenoxy) is 1. The molecule has 2 aromatic carbocycles. The van der Waals surface area contributed by atoms with E-state index >= 15 is 0 Å². The lowest BCUT2D eigenvalue weighted by atomic mass is 10.1. The van der Waals surface area contributed by atoms with Gasteiger partial charge in [-0.15, -0.1) is 0 Å². The second-order valence-corrected chi connectivity index (χ2v) is 9.63. The summed E-state index contributed by atoms with van der Waals surface area (Å²) in [6, 6.07) is 13.2. The highest BCUT2D eigenvalue weighted by molar-refractivity contribution is 7.89. The average molecular weight is 460 g/mol. The van der Waals surface area contributed by atoms with Crippen LogP contribution in [0.1, 0.15) is 23.6 Å². The lowest BCUT2D eigenvalue weighted by Gasteiger charge is -2.36. The fourth-order valence-corrected chi connectivity index (χ4v) is 4.78. The molecule has 9 heteroatoms. The zero-order chi connectivity index (χ0) is 23.3. The molecule has 1 aliphatic rings. The molecule has 0 spiro atoms. The highest BCUT2D eigenvalue weighted by Gasteiger charge is 2.35. The number of hydrogen-bond acceptors (Lipinski definition) is 5. The van der Waals surface area contributed by atoms with Crippen molar-refractivity contribution in [1.29, 1.82) is 0 Å². The molecule has 0 atom stereocenters.